The third kappa shape index (κ3) is 1.86. The molecule has 84 valence electrons. The van der Waals surface area contributed by atoms with Gasteiger partial charge in [-0.2, -0.15) is 5.26 Å². The fourth-order valence-corrected chi connectivity index (χ4v) is 3.59. The van der Waals surface area contributed by atoms with Gasteiger partial charge in [-0.15, -0.1) is 0 Å². The second-order valence-corrected chi connectivity index (χ2v) is 6.03. The van der Waals surface area contributed by atoms with Crippen molar-refractivity contribution in [3.05, 3.63) is 34.2 Å². The van der Waals surface area contributed by atoms with Crippen LogP contribution in [0.3, 0.4) is 0 Å². The molecule has 5 nitrogen and oxygen atoms in total. The Balaban J connectivity index is 2.44. The van der Waals surface area contributed by atoms with Gasteiger partial charge in [0, 0.05) is 6.20 Å². The summed E-state index contributed by atoms with van der Waals surface area (Å²) in [6.07, 6.45) is 1.98. The number of pyridine rings is 1. The van der Waals surface area contributed by atoms with Crippen molar-refractivity contribution in [1.29, 1.82) is 5.26 Å². The van der Waals surface area contributed by atoms with Gasteiger partial charge < -0.3 is 4.57 Å². The van der Waals surface area contributed by atoms with Gasteiger partial charge in [0.2, 0.25) is 0 Å². The van der Waals surface area contributed by atoms with Gasteiger partial charge in [0.15, 0.2) is 9.84 Å². The first-order valence-electron chi connectivity index (χ1n) is 4.85. The van der Waals surface area contributed by atoms with Crippen LogP contribution in [0.5, 0.6) is 0 Å². The van der Waals surface area contributed by atoms with Gasteiger partial charge >= 0.3 is 0 Å². The standard InChI is InChI=1S/C10H10N2O3S/c11-6-8-2-1-4-12(10(8)13)9-3-5-16(14,15)7-9/h1-2,4,9H,3,5,7H2. The van der Waals surface area contributed by atoms with Crippen molar-refractivity contribution in [2.24, 2.45) is 0 Å². The minimum Gasteiger partial charge on any atom is -0.310 e. The molecule has 0 spiro atoms. The summed E-state index contributed by atoms with van der Waals surface area (Å²) in [5, 5.41) is 8.71. The molecular weight excluding hydrogens is 228 g/mol. The third-order valence-electron chi connectivity index (χ3n) is 2.70. The molecule has 0 saturated carbocycles. The van der Waals surface area contributed by atoms with Crippen LogP contribution in [0.25, 0.3) is 0 Å². The van der Waals surface area contributed by atoms with Crippen molar-refractivity contribution in [3.8, 4) is 6.07 Å². The Labute approximate surface area is 92.9 Å². The molecule has 2 rings (SSSR count). The first-order valence-corrected chi connectivity index (χ1v) is 6.67. The van der Waals surface area contributed by atoms with E-state index < -0.39 is 15.4 Å². The predicted octanol–water partition coefficient (Wildman–Crippen LogP) is 0.0796. The molecule has 0 aromatic carbocycles. The van der Waals surface area contributed by atoms with Crippen LogP contribution in [0, 0.1) is 11.3 Å². The van der Waals surface area contributed by atoms with Gasteiger partial charge in [-0.25, -0.2) is 8.42 Å². The summed E-state index contributed by atoms with van der Waals surface area (Å²) in [6, 6.07) is 4.49. The number of hydrogen-bond acceptors (Lipinski definition) is 4. The number of aromatic nitrogens is 1. The van der Waals surface area contributed by atoms with Crippen LogP contribution in [0.15, 0.2) is 23.1 Å². The van der Waals surface area contributed by atoms with Crippen molar-refractivity contribution >= 4 is 9.84 Å². The molecule has 0 N–H and O–H groups in total. The lowest BCUT2D eigenvalue weighted by atomic mass is 10.2. The second kappa shape index (κ2) is 3.76. The molecule has 0 bridgehead atoms. The second-order valence-electron chi connectivity index (χ2n) is 3.80. The van der Waals surface area contributed by atoms with Crippen molar-refractivity contribution in [2.75, 3.05) is 11.5 Å². The number of hydrogen-bond donors (Lipinski definition) is 0. The van der Waals surface area contributed by atoms with E-state index in [1.54, 1.807) is 12.1 Å². The maximum atomic E-state index is 11.7. The van der Waals surface area contributed by atoms with Crippen molar-refractivity contribution in [2.45, 2.75) is 12.5 Å². The zero-order chi connectivity index (χ0) is 11.8. The Hall–Kier alpha value is -1.61. The quantitative estimate of drug-likeness (QED) is 0.694. The third-order valence-corrected chi connectivity index (χ3v) is 4.45. The summed E-state index contributed by atoms with van der Waals surface area (Å²) >= 11 is 0. The minimum absolute atomic E-state index is 0.0121. The average molecular weight is 238 g/mol. The summed E-state index contributed by atoms with van der Waals surface area (Å²) in [6.45, 7) is 0. The summed E-state index contributed by atoms with van der Waals surface area (Å²) in [7, 11) is -3.02. The van der Waals surface area contributed by atoms with Crippen molar-refractivity contribution < 1.29 is 8.42 Å². The molecule has 0 amide bonds. The van der Waals surface area contributed by atoms with Gasteiger partial charge in [-0.1, -0.05) is 0 Å². The molecule has 1 aromatic rings. The molecule has 1 saturated heterocycles. The van der Waals surface area contributed by atoms with E-state index in [4.69, 9.17) is 5.26 Å². The zero-order valence-corrected chi connectivity index (χ0v) is 9.27. The molecule has 1 fully saturated rings. The molecule has 1 atom stereocenters. The van der Waals surface area contributed by atoms with E-state index in [2.05, 4.69) is 0 Å². The first-order chi connectivity index (χ1) is 7.53. The topological polar surface area (TPSA) is 79.9 Å². The van der Waals surface area contributed by atoms with Crippen LogP contribution < -0.4 is 5.56 Å². The van der Waals surface area contributed by atoms with E-state index >= 15 is 0 Å². The van der Waals surface area contributed by atoms with E-state index in [-0.39, 0.29) is 23.1 Å². The Morgan fingerprint density at radius 2 is 2.25 bits per heavy atom. The van der Waals surface area contributed by atoms with Crippen LogP contribution in [0.1, 0.15) is 18.0 Å². The maximum absolute atomic E-state index is 11.7. The Morgan fingerprint density at radius 1 is 1.50 bits per heavy atom. The lowest BCUT2D eigenvalue weighted by Gasteiger charge is -2.11. The summed E-state index contributed by atoms with van der Waals surface area (Å²) in [4.78, 5) is 11.7. The van der Waals surface area contributed by atoms with Crippen molar-refractivity contribution in [1.82, 2.24) is 4.57 Å². The smallest absolute Gasteiger partial charge is 0.268 e. The molecule has 0 radical (unpaired) electrons. The highest BCUT2D eigenvalue weighted by Gasteiger charge is 2.29. The summed E-state index contributed by atoms with van der Waals surface area (Å²) < 4.78 is 23.9. The molecule has 6 heteroatoms. The fourth-order valence-electron chi connectivity index (χ4n) is 1.88. The van der Waals surface area contributed by atoms with E-state index in [1.807, 2.05) is 0 Å². The molecule has 1 aliphatic rings. The largest absolute Gasteiger partial charge is 0.310 e. The molecule has 1 unspecified atom stereocenters. The first kappa shape index (κ1) is 10.9. The molecule has 16 heavy (non-hydrogen) atoms. The lowest BCUT2D eigenvalue weighted by molar-refractivity contribution is 0.537. The highest BCUT2D eigenvalue weighted by atomic mass is 32.2. The fraction of sp³-hybridized carbons (Fsp3) is 0.400. The van der Waals surface area contributed by atoms with E-state index in [9.17, 15) is 13.2 Å². The zero-order valence-electron chi connectivity index (χ0n) is 8.46. The summed E-state index contributed by atoms with van der Waals surface area (Å²) in [5.74, 6) is 0.0999. The maximum Gasteiger partial charge on any atom is 0.268 e. The number of sulfone groups is 1. The molecule has 1 aliphatic heterocycles. The molecular formula is C10H10N2O3S. The SMILES string of the molecule is N#Cc1cccn(C2CCS(=O)(=O)C2)c1=O. The lowest BCUT2D eigenvalue weighted by Crippen LogP contribution is -2.26. The van der Waals surface area contributed by atoms with Crippen LogP contribution >= 0.6 is 0 Å². The van der Waals surface area contributed by atoms with Crippen LogP contribution in [0.4, 0.5) is 0 Å². The van der Waals surface area contributed by atoms with Crippen LogP contribution in [-0.4, -0.2) is 24.5 Å². The normalized spacial score (nSPS) is 22.8. The van der Waals surface area contributed by atoms with Gasteiger partial charge in [0.05, 0.1) is 17.5 Å². The number of nitrogens with zero attached hydrogens (tertiary/aromatic N) is 2. The highest BCUT2D eigenvalue weighted by Crippen LogP contribution is 2.21. The average Bonchev–Trinajstić information content (AvgIpc) is 2.59. The van der Waals surface area contributed by atoms with E-state index in [0.29, 0.717) is 6.42 Å². The molecule has 2 heterocycles. The van der Waals surface area contributed by atoms with Crippen LogP contribution in [0.2, 0.25) is 0 Å². The Kier molecular flexibility index (Phi) is 2.56. The van der Waals surface area contributed by atoms with E-state index in [1.165, 1.54) is 16.8 Å². The number of nitriles is 1. The molecule has 1 aromatic heterocycles. The van der Waals surface area contributed by atoms with Gasteiger partial charge in [0.25, 0.3) is 5.56 Å². The van der Waals surface area contributed by atoms with Gasteiger partial charge in [0.1, 0.15) is 11.6 Å². The van der Waals surface area contributed by atoms with Gasteiger partial charge in [-0.05, 0) is 18.6 Å². The van der Waals surface area contributed by atoms with E-state index in [0.717, 1.165) is 0 Å². The monoisotopic (exact) mass is 238 g/mol. The van der Waals surface area contributed by atoms with Crippen molar-refractivity contribution in [3.63, 3.8) is 0 Å². The summed E-state index contributed by atoms with van der Waals surface area (Å²) in [5.41, 5.74) is -0.362. The Morgan fingerprint density at radius 3 is 2.81 bits per heavy atom. The minimum atomic E-state index is -3.02. The Bertz CT molecular complexity index is 610. The highest BCUT2D eigenvalue weighted by molar-refractivity contribution is 7.91. The molecule has 0 aliphatic carbocycles. The predicted molar refractivity (Wildman–Crippen MR) is 57.7 cm³/mol. The number of rotatable bonds is 1. The van der Waals surface area contributed by atoms with Gasteiger partial charge in [-0.3, -0.25) is 4.79 Å². The van der Waals surface area contributed by atoms with Crippen LogP contribution in [-0.2, 0) is 9.84 Å².